The summed E-state index contributed by atoms with van der Waals surface area (Å²) in [5.41, 5.74) is 1.92. The molecule has 1 N–H and O–H groups in total. The van der Waals surface area contributed by atoms with Gasteiger partial charge in [0.2, 0.25) is 0 Å². The van der Waals surface area contributed by atoms with Gasteiger partial charge in [0.05, 0.1) is 17.6 Å². The molecule has 3 aromatic rings. The number of ether oxygens (including phenoxy) is 2. The minimum absolute atomic E-state index is 0.116. The van der Waals surface area contributed by atoms with E-state index in [0.29, 0.717) is 13.1 Å². The molecule has 0 bridgehead atoms. The van der Waals surface area contributed by atoms with Crippen LogP contribution < -0.4 is 4.74 Å². The summed E-state index contributed by atoms with van der Waals surface area (Å²) in [6.07, 6.45) is 8.14. The van der Waals surface area contributed by atoms with Crippen molar-refractivity contribution in [2.45, 2.75) is 45.3 Å². The van der Waals surface area contributed by atoms with E-state index in [1.165, 1.54) is 6.33 Å². The molecule has 0 aliphatic carbocycles. The monoisotopic (exact) mass is 395 g/mol. The van der Waals surface area contributed by atoms with Gasteiger partial charge in [0.15, 0.2) is 0 Å². The first-order valence-electron chi connectivity index (χ1n) is 9.78. The van der Waals surface area contributed by atoms with Crippen molar-refractivity contribution >= 4 is 17.1 Å². The summed E-state index contributed by atoms with van der Waals surface area (Å²) in [4.78, 5) is 30.1. The van der Waals surface area contributed by atoms with Crippen molar-refractivity contribution in [3.05, 3.63) is 37.1 Å². The number of carbonyl (C=O) groups is 1. The van der Waals surface area contributed by atoms with E-state index in [0.717, 1.165) is 40.9 Å². The molecule has 0 unspecified atom stereocenters. The number of aromatic amines is 1. The second-order valence-corrected chi connectivity index (χ2v) is 8.14. The van der Waals surface area contributed by atoms with Gasteiger partial charge in [0, 0.05) is 30.7 Å². The van der Waals surface area contributed by atoms with E-state index < -0.39 is 5.60 Å². The highest BCUT2D eigenvalue weighted by Gasteiger charge is 2.29. The first-order chi connectivity index (χ1) is 13.9. The minimum atomic E-state index is -0.514. The van der Waals surface area contributed by atoms with Crippen LogP contribution in [-0.4, -0.2) is 55.7 Å². The molecule has 1 amide bonds. The Balaban J connectivity index is 1.56. The van der Waals surface area contributed by atoms with Gasteiger partial charge in [-0.15, -0.1) is 0 Å². The van der Waals surface area contributed by atoms with Crippen LogP contribution >= 0.6 is 0 Å². The molecule has 0 saturated carbocycles. The van der Waals surface area contributed by atoms with Gasteiger partial charge in [-0.25, -0.2) is 19.7 Å². The molecule has 152 valence electrons. The summed E-state index contributed by atoms with van der Waals surface area (Å²) >= 11 is 0. The maximum Gasteiger partial charge on any atom is 0.410 e. The molecular weight excluding hydrogens is 370 g/mol. The number of rotatable bonds is 3. The summed E-state index contributed by atoms with van der Waals surface area (Å²) in [6.45, 7) is 6.79. The Bertz CT molecular complexity index is 996. The number of fused-ring (bicyclic) bond motifs is 1. The Labute approximate surface area is 169 Å². The zero-order chi connectivity index (χ0) is 20.4. The Morgan fingerprint density at radius 3 is 2.86 bits per heavy atom. The number of pyridine rings is 1. The Morgan fingerprint density at radius 1 is 1.24 bits per heavy atom. The Kier molecular flexibility index (Phi) is 5.08. The molecule has 8 heteroatoms. The predicted octanol–water partition coefficient (Wildman–Crippen LogP) is 3.80. The summed E-state index contributed by atoms with van der Waals surface area (Å²) < 4.78 is 11.9. The van der Waals surface area contributed by atoms with E-state index in [1.54, 1.807) is 17.3 Å². The smallest absolute Gasteiger partial charge is 0.410 e. The van der Waals surface area contributed by atoms with Gasteiger partial charge in [0.25, 0.3) is 0 Å². The van der Waals surface area contributed by atoms with Gasteiger partial charge in [0.1, 0.15) is 29.4 Å². The quantitative estimate of drug-likeness (QED) is 0.725. The van der Waals surface area contributed by atoms with E-state index >= 15 is 0 Å². The van der Waals surface area contributed by atoms with Crippen LogP contribution in [0, 0.1) is 0 Å². The third-order valence-electron chi connectivity index (χ3n) is 4.72. The van der Waals surface area contributed by atoms with E-state index in [1.807, 2.05) is 39.1 Å². The summed E-state index contributed by atoms with van der Waals surface area (Å²) in [5.74, 6) is 0.723. The molecule has 0 aromatic carbocycles. The molecule has 4 rings (SSSR count). The predicted molar refractivity (Wildman–Crippen MR) is 109 cm³/mol. The standard InChI is InChI=1S/C21H25N5O3/c1-21(2,3)29-20(27)26-10-4-5-14(12-26)28-17-7-9-23-19-18(17)15(11-24-19)16-6-8-22-13-25-16/h6-9,11,13-14H,4-5,10,12H2,1-3H3,(H,23,24)/t14-/m1/s1. The first-order valence-corrected chi connectivity index (χ1v) is 9.78. The van der Waals surface area contributed by atoms with Crippen LogP contribution in [0.1, 0.15) is 33.6 Å². The van der Waals surface area contributed by atoms with Crippen LogP contribution in [0.5, 0.6) is 5.75 Å². The van der Waals surface area contributed by atoms with Crippen LogP contribution in [0.15, 0.2) is 37.1 Å². The van der Waals surface area contributed by atoms with Crippen molar-refractivity contribution in [1.82, 2.24) is 24.8 Å². The van der Waals surface area contributed by atoms with Crippen molar-refractivity contribution in [2.24, 2.45) is 0 Å². The first kappa shape index (κ1) is 19.2. The largest absolute Gasteiger partial charge is 0.488 e. The molecule has 4 heterocycles. The normalized spacial score (nSPS) is 17.3. The number of piperidine rings is 1. The summed E-state index contributed by atoms with van der Waals surface area (Å²) in [7, 11) is 0. The molecule has 0 radical (unpaired) electrons. The average molecular weight is 395 g/mol. The fourth-order valence-corrected chi connectivity index (χ4v) is 3.48. The number of nitrogens with zero attached hydrogens (tertiary/aromatic N) is 4. The van der Waals surface area contributed by atoms with Gasteiger partial charge in [-0.1, -0.05) is 0 Å². The van der Waals surface area contributed by atoms with Crippen molar-refractivity contribution in [3.63, 3.8) is 0 Å². The average Bonchev–Trinajstić information content (AvgIpc) is 3.13. The van der Waals surface area contributed by atoms with E-state index in [4.69, 9.17) is 9.47 Å². The molecule has 29 heavy (non-hydrogen) atoms. The van der Waals surface area contributed by atoms with Gasteiger partial charge in [-0.05, 0) is 45.7 Å². The molecule has 1 saturated heterocycles. The highest BCUT2D eigenvalue weighted by atomic mass is 16.6. The highest BCUT2D eigenvalue weighted by molar-refractivity contribution is 5.97. The van der Waals surface area contributed by atoms with Gasteiger partial charge >= 0.3 is 6.09 Å². The lowest BCUT2D eigenvalue weighted by molar-refractivity contribution is 0.00793. The SMILES string of the molecule is CC(C)(C)OC(=O)N1CCC[C@@H](Oc2ccnc3[nH]cc(-c4ccncn4)c23)C1. The highest BCUT2D eigenvalue weighted by Crippen LogP contribution is 2.34. The molecular formula is C21H25N5O3. The van der Waals surface area contributed by atoms with Crippen molar-refractivity contribution < 1.29 is 14.3 Å². The van der Waals surface area contributed by atoms with E-state index in [-0.39, 0.29) is 12.2 Å². The van der Waals surface area contributed by atoms with Crippen molar-refractivity contribution in [3.8, 4) is 17.0 Å². The second-order valence-electron chi connectivity index (χ2n) is 8.14. The molecule has 1 aliphatic heterocycles. The number of hydrogen-bond donors (Lipinski definition) is 1. The Morgan fingerprint density at radius 2 is 2.10 bits per heavy atom. The lowest BCUT2D eigenvalue weighted by Crippen LogP contribution is -2.46. The number of amides is 1. The lowest BCUT2D eigenvalue weighted by atomic mass is 10.1. The fraction of sp³-hybridized carbons (Fsp3) is 0.429. The van der Waals surface area contributed by atoms with Crippen LogP contribution in [0.25, 0.3) is 22.3 Å². The fourth-order valence-electron chi connectivity index (χ4n) is 3.48. The summed E-state index contributed by atoms with van der Waals surface area (Å²) in [6, 6.07) is 3.71. The zero-order valence-electron chi connectivity index (χ0n) is 16.9. The number of nitrogens with one attached hydrogen (secondary N) is 1. The number of hydrogen-bond acceptors (Lipinski definition) is 6. The molecule has 0 spiro atoms. The number of likely N-dealkylation sites (tertiary alicyclic amines) is 1. The number of carbonyl (C=O) groups excluding carboxylic acids is 1. The zero-order valence-corrected chi connectivity index (χ0v) is 16.9. The molecule has 1 fully saturated rings. The van der Waals surface area contributed by atoms with Crippen LogP contribution in [0.4, 0.5) is 4.79 Å². The lowest BCUT2D eigenvalue weighted by Gasteiger charge is -2.34. The molecule has 1 aliphatic rings. The molecule has 1 atom stereocenters. The van der Waals surface area contributed by atoms with Crippen LogP contribution in [-0.2, 0) is 4.74 Å². The Hall–Kier alpha value is -3.16. The maximum absolute atomic E-state index is 12.4. The minimum Gasteiger partial charge on any atom is -0.488 e. The van der Waals surface area contributed by atoms with Gasteiger partial charge in [-0.3, -0.25) is 0 Å². The van der Waals surface area contributed by atoms with Crippen LogP contribution in [0.2, 0.25) is 0 Å². The second kappa shape index (κ2) is 7.69. The summed E-state index contributed by atoms with van der Waals surface area (Å²) in [5, 5.41) is 0.876. The molecule has 8 nitrogen and oxygen atoms in total. The maximum atomic E-state index is 12.4. The topological polar surface area (TPSA) is 93.2 Å². The third kappa shape index (κ3) is 4.31. The van der Waals surface area contributed by atoms with Crippen LogP contribution in [0.3, 0.4) is 0 Å². The van der Waals surface area contributed by atoms with Crippen molar-refractivity contribution in [1.29, 1.82) is 0 Å². The third-order valence-corrected chi connectivity index (χ3v) is 4.72. The molecule has 3 aromatic heterocycles. The number of aromatic nitrogens is 4. The number of H-pyrrole nitrogens is 1. The van der Waals surface area contributed by atoms with Gasteiger partial charge in [-0.2, -0.15) is 0 Å². The van der Waals surface area contributed by atoms with E-state index in [2.05, 4.69) is 19.9 Å². The van der Waals surface area contributed by atoms with E-state index in [9.17, 15) is 4.79 Å². The van der Waals surface area contributed by atoms with Crippen molar-refractivity contribution in [2.75, 3.05) is 13.1 Å². The van der Waals surface area contributed by atoms with Gasteiger partial charge < -0.3 is 19.4 Å².